The lowest BCUT2D eigenvalue weighted by atomic mass is 10.2. The third-order valence-electron chi connectivity index (χ3n) is 2.26. The van der Waals surface area contributed by atoms with E-state index in [0.29, 0.717) is 6.54 Å². The summed E-state index contributed by atoms with van der Waals surface area (Å²) in [7, 11) is 1.99. The van der Waals surface area contributed by atoms with Crippen molar-refractivity contribution >= 4 is 24.5 Å². The Morgan fingerprint density at radius 2 is 2.11 bits per heavy atom. The fourth-order valence-electron chi connectivity index (χ4n) is 1.44. The van der Waals surface area contributed by atoms with E-state index in [4.69, 9.17) is 5.21 Å². The number of oxime groups is 1. The minimum absolute atomic E-state index is 0. The summed E-state index contributed by atoms with van der Waals surface area (Å²) in [6.45, 7) is 2.10. The molecule has 1 amide bonds. The molecule has 100 valence electrons. The van der Waals surface area contributed by atoms with Crippen LogP contribution in [0.1, 0.15) is 5.56 Å². The predicted molar refractivity (Wildman–Crippen MR) is 73.3 cm³/mol. The van der Waals surface area contributed by atoms with E-state index in [1.807, 2.05) is 25.2 Å². The average molecular weight is 272 g/mol. The zero-order valence-electron chi connectivity index (χ0n) is 10.2. The number of nitrogens with zero attached hydrogens (tertiary/aromatic N) is 2. The third kappa shape index (κ3) is 6.88. The van der Waals surface area contributed by atoms with Crippen LogP contribution in [0.4, 0.5) is 0 Å². The Kier molecular flexibility index (Phi) is 8.61. The van der Waals surface area contributed by atoms with Crippen molar-refractivity contribution in [2.24, 2.45) is 5.16 Å². The van der Waals surface area contributed by atoms with Crippen LogP contribution >= 0.6 is 12.4 Å². The molecule has 0 unspecified atom stereocenters. The standard InChI is InChI=1S/C12H17N3O2.ClH/c1-15(8-7-13-12(16)9-14-17)10-11-5-3-2-4-6-11;/h2-6,9,17H,7-8,10H2,1H3,(H,13,16);1H/b14-9+;. The zero-order valence-corrected chi connectivity index (χ0v) is 11.1. The molecule has 0 aliphatic rings. The Balaban J connectivity index is 0.00000289. The van der Waals surface area contributed by atoms with E-state index in [1.165, 1.54) is 5.56 Å². The molecule has 0 aliphatic carbocycles. The van der Waals surface area contributed by atoms with Gasteiger partial charge in [-0.1, -0.05) is 35.5 Å². The van der Waals surface area contributed by atoms with Gasteiger partial charge in [0.15, 0.2) is 0 Å². The average Bonchev–Trinajstić information content (AvgIpc) is 2.30. The molecule has 0 atom stereocenters. The number of nitrogens with one attached hydrogen (secondary N) is 1. The topological polar surface area (TPSA) is 64.9 Å². The van der Waals surface area contributed by atoms with E-state index in [0.717, 1.165) is 19.3 Å². The van der Waals surface area contributed by atoms with Crippen molar-refractivity contribution in [1.82, 2.24) is 10.2 Å². The number of carbonyl (C=O) groups excluding carboxylic acids is 1. The molecule has 6 heteroatoms. The number of rotatable bonds is 6. The van der Waals surface area contributed by atoms with Gasteiger partial charge in [-0.15, -0.1) is 12.4 Å². The highest BCUT2D eigenvalue weighted by atomic mass is 35.5. The summed E-state index contributed by atoms with van der Waals surface area (Å²) in [5.41, 5.74) is 1.23. The van der Waals surface area contributed by atoms with Crippen LogP contribution in [-0.2, 0) is 11.3 Å². The van der Waals surface area contributed by atoms with Crippen LogP contribution in [0.2, 0.25) is 0 Å². The van der Waals surface area contributed by atoms with Crippen molar-refractivity contribution in [1.29, 1.82) is 0 Å². The molecule has 0 spiro atoms. The highest BCUT2D eigenvalue weighted by Gasteiger charge is 2.01. The van der Waals surface area contributed by atoms with E-state index in [-0.39, 0.29) is 18.3 Å². The van der Waals surface area contributed by atoms with Crippen molar-refractivity contribution in [2.45, 2.75) is 6.54 Å². The van der Waals surface area contributed by atoms with Crippen LogP contribution in [0.15, 0.2) is 35.5 Å². The van der Waals surface area contributed by atoms with E-state index in [9.17, 15) is 4.79 Å². The largest absolute Gasteiger partial charge is 0.411 e. The van der Waals surface area contributed by atoms with Gasteiger partial charge in [0.1, 0.15) is 6.21 Å². The number of likely N-dealkylation sites (N-methyl/N-ethyl adjacent to an activating group) is 1. The molecule has 0 aliphatic heterocycles. The monoisotopic (exact) mass is 271 g/mol. The fraction of sp³-hybridized carbons (Fsp3) is 0.333. The number of hydrogen-bond acceptors (Lipinski definition) is 4. The normalized spacial score (nSPS) is 10.3. The Morgan fingerprint density at radius 1 is 1.44 bits per heavy atom. The lowest BCUT2D eigenvalue weighted by Crippen LogP contribution is -2.33. The quantitative estimate of drug-likeness (QED) is 0.463. The maximum absolute atomic E-state index is 10.9. The molecule has 1 rings (SSSR count). The molecule has 1 aromatic carbocycles. The van der Waals surface area contributed by atoms with Crippen molar-refractivity contribution < 1.29 is 10.0 Å². The molecule has 0 radical (unpaired) electrons. The van der Waals surface area contributed by atoms with Gasteiger partial charge in [0, 0.05) is 19.6 Å². The third-order valence-corrected chi connectivity index (χ3v) is 2.26. The Hall–Kier alpha value is -1.59. The summed E-state index contributed by atoms with van der Waals surface area (Å²) in [6, 6.07) is 10.1. The summed E-state index contributed by atoms with van der Waals surface area (Å²) in [5, 5.41) is 13.4. The fourth-order valence-corrected chi connectivity index (χ4v) is 1.44. The van der Waals surface area contributed by atoms with Crippen molar-refractivity contribution in [2.75, 3.05) is 20.1 Å². The first kappa shape index (κ1) is 16.4. The van der Waals surface area contributed by atoms with E-state index in [1.54, 1.807) is 0 Å². The van der Waals surface area contributed by atoms with Gasteiger partial charge in [-0.05, 0) is 12.6 Å². The maximum Gasteiger partial charge on any atom is 0.265 e. The van der Waals surface area contributed by atoms with Crippen LogP contribution in [-0.4, -0.2) is 42.4 Å². The molecule has 0 aromatic heterocycles. The molecular weight excluding hydrogens is 254 g/mol. The highest BCUT2D eigenvalue weighted by molar-refractivity contribution is 6.25. The molecule has 0 fully saturated rings. The van der Waals surface area contributed by atoms with Gasteiger partial charge in [-0.2, -0.15) is 0 Å². The lowest BCUT2D eigenvalue weighted by Gasteiger charge is -2.16. The van der Waals surface area contributed by atoms with Crippen LogP contribution in [0.3, 0.4) is 0 Å². The maximum atomic E-state index is 10.9. The van der Waals surface area contributed by atoms with E-state index in [2.05, 4.69) is 27.5 Å². The molecule has 0 heterocycles. The number of amides is 1. The van der Waals surface area contributed by atoms with Gasteiger partial charge < -0.3 is 15.4 Å². The summed E-state index contributed by atoms with van der Waals surface area (Å²) >= 11 is 0. The molecule has 0 bridgehead atoms. The number of hydrogen-bond donors (Lipinski definition) is 2. The highest BCUT2D eigenvalue weighted by Crippen LogP contribution is 2.01. The molecule has 2 N–H and O–H groups in total. The van der Waals surface area contributed by atoms with Crippen molar-refractivity contribution in [3.63, 3.8) is 0 Å². The van der Waals surface area contributed by atoms with Crippen LogP contribution in [0.25, 0.3) is 0 Å². The predicted octanol–water partition coefficient (Wildman–Crippen LogP) is 1.12. The SMILES string of the molecule is CN(CCNC(=O)/C=N/O)Cc1ccccc1.Cl. The number of benzene rings is 1. The minimum atomic E-state index is -0.388. The van der Waals surface area contributed by atoms with Gasteiger partial charge in [-0.3, -0.25) is 4.79 Å². The number of halogens is 1. The Labute approximate surface area is 113 Å². The second-order valence-corrected chi connectivity index (χ2v) is 3.76. The summed E-state index contributed by atoms with van der Waals surface area (Å²) in [4.78, 5) is 13.0. The van der Waals surface area contributed by atoms with Crippen molar-refractivity contribution in [3.05, 3.63) is 35.9 Å². The van der Waals surface area contributed by atoms with Gasteiger partial charge in [0.2, 0.25) is 0 Å². The van der Waals surface area contributed by atoms with E-state index < -0.39 is 0 Å². The molecular formula is C12H18ClN3O2. The van der Waals surface area contributed by atoms with Crippen LogP contribution in [0, 0.1) is 0 Å². The minimum Gasteiger partial charge on any atom is -0.411 e. The molecule has 1 aromatic rings. The lowest BCUT2D eigenvalue weighted by molar-refractivity contribution is -0.114. The van der Waals surface area contributed by atoms with Crippen LogP contribution in [0.5, 0.6) is 0 Å². The summed E-state index contributed by atoms with van der Waals surface area (Å²) in [5.74, 6) is -0.388. The molecule has 0 saturated carbocycles. The second-order valence-electron chi connectivity index (χ2n) is 3.76. The Morgan fingerprint density at radius 3 is 2.72 bits per heavy atom. The van der Waals surface area contributed by atoms with Gasteiger partial charge in [0.05, 0.1) is 0 Å². The molecule has 18 heavy (non-hydrogen) atoms. The first-order valence-electron chi connectivity index (χ1n) is 5.40. The first-order valence-corrected chi connectivity index (χ1v) is 5.40. The summed E-state index contributed by atoms with van der Waals surface area (Å²) < 4.78 is 0. The first-order chi connectivity index (χ1) is 8.22. The summed E-state index contributed by atoms with van der Waals surface area (Å²) in [6.07, 6.45) is 0.844. The Bertz CT molecular complexity index is 371. The van der Waals surface area contributed by atoms with Crippen LogP contribution < -0.4 is 5.32 Å². The zero-order chi connectivity index (χ0) is 12.5. The van der Waals surface area contributed by atoms with Gasteiger partial charge in [0.25, 0.3) is 5.91 Å². The second kappa shape index (κ2) is 9.44. The van der Waals surface area contributed by atoms with Gasteiger partial charge in [-0.25, -0.2) is 0 Å². The number of carbonyl (C=O) groups is 1. The molecule has 5 nitrogen and oxygen atoms in total. The van der Waals surface area contributed by atoms with Crippen molar-refractivity contribution in [3.8, 4) is 0 Å². The van der Waals surface area contributed by atoms with Gasteiger partial charge >= 0.3 is 0 Å². The smallest absolute Gasteiger partial charge is 0.265 e. The molecule has 0 saturated heterocycles. The van der Waals surface area contributed by atoms with E-state index >= 15 is 0 Å².